The van der Waals surface area contributed by atoms with E-state index in [1.165, 1.54) is 12.1 Å². The summed E-state index contributed by atoms with van der Waals surface area (Å²) in [7, 11) is 0. The highest BCUT2D eigenvalue weighted by Crippen LogP contribution is 2.41. The van der Waals surface area contributed by atoms with Gasteiger partial charge in [0.2, 0.25) is 0 Å². The molecule has 5 aromatic rings. The molecular formula is C28H18FN3O2S. The van der Waals surface area contributed by atoms with Gasteiger partial charge < -0.3 is 5.32 Å². The van der Waals surface area contributed by atoms with E-state index in [1.54, 1.807) is 65.9 Å². The molecule has 1 aliphatic carbocycles. The summed E-state index contributed by atoms with van der Waals surface area (Å²) in [5, 5.41) is 4.18. The topological polar surface area (TPSA) is 72.0 Å². The lowest BCUT2D eigenvalue weighted by Crippen LogP contribution is -2.20. The number of benzene rings is 3. The maximum atomic E-state index is 13.6. The average Bonchev–Trinajstić information content (AvgIpc) is 3.18. The molecular weight excluding hydrogens is 461 g/mol. The first-order valence-corrected chi connectivity index (χ1v) is 11.9. The van der Waals surface area contributed by atoms with E-state index in [-0.39, 0.29) is 17.4 Å². The predicted molar refractivity (Wildman–Crippen MR) is 135 cm³/mol. The van der Waals surface area contributed by atoms with Crippen LogP contribution in [0.25, 0.3) is 21.3 Å². The third kappa shape index (κ3) is 3.43. The van der Waals surface area contributed by atoms with Crippen molar-refractivity contribution in [2.24, 2.45) is 0 Å². The fourth-order valence-corrected chi connectivity index (χ4v) is 5.68. The number of carbonyl (C=O) groups excluding carboxylic acids is 2. The van der Waals surface area contributed by atoms with Crippen LogP contribution in [0.5, 0.6) is 0 Å². The molecule has 1 aliphatic rings. The van der Waals surface area contributed by atoms with Crippen molar-refractivity contribution < 1.29 is 14.0 Å². The maximum absolute atomic E-state index is 13.6. The SMILES string of the molecule is Cc1nc(Nc2ccc3c(c2)C(=O)c2ccccc2C3=O)c2c(-c3ccc(F)cc3)c(C)sc2n1. The molecule has 2 aromatic heterocycles. The van der Waals surface area contributed by atoms with Crippen molar-refractivity contribution in [1.29, 1.82) is 0 Å². The Labute approximate surface area is 204 Å². The van der Waals surface area contributed by atoms with Gasteiger partial charge in [0.1, 0.15) is 22.3 Å². The molecule has 1 N–H and O–H groups in total. The second-order valence-corrected chi connectivity index (χ2v) is 9.63. The number of carbonyl (C=O) groups is 2. The Bertz CT molecular complexity index is 1690. The number of halogens is 1. The van der Waals surface area contributed by atoms with E-state index in [9.17, 15) is 14.0 Å². The summed E-state index contributed by atoms with van der Waals surface area (Å²) in [5.41, 5.74) is 4.03. The molecule has 0 spiro atoms. The van der Waals surface area contributed by atoms with Crippen LogP contribution in [0.2, 0.25) is 0 Å². The lowest BCUT2D eigenvalue weighted by atomic mass is 9.84. The predicted octanol–water partition coefficient (Wildman–Crippen LogP) is 6.63. The number of nitrogens with one attached hydrogen (secondary N) is 1. The lowest BCUT2D eigenvalue weighted by Gasteiger charge is -2.18. The average molecular weight is 480 g/mol. The molecule has 0 bridgehead atoms. The summed E-state index contributed by atoms with van der Waals surface area (Å²) in [5.74, 6) is 0.553. The minimum absolute atomic E-state index is 0.158. The third-order valence-electron chi connectivity index (χ3n) is 6.16. The van der Waals surface area contributed by atoms with E-state index < -0.39 is 0 Å². The first-order valence-electron chi connectivity index (χ1n) is 11.0. The Balaban J connectivity index is 1.48. The Morgan fingerprint density at radius 3 is 2.17 bits per heavy atom. The second kappa shape index (κ2) is 7.92. The molecule has 0 saturated carbocycles. The third-order valence-corrected chi connectivity index (χ3v) is 7.16. The van der Waals surface area contributed by atoms with Crippen molar-refractivity contribution in [2.45, 2.75) is 13.8 Å². The van der Waals surface area contributed by atoms with Gasteiger partial charge in [0.15, 0.2) is 11.6 Å². The van der Waals surface area contributed by atoms with Gasteiger partial charge >= 0.3 is 0 Å². The minimum atomic E-state index is -0.300. The van der Waals surface area contributed by atoms with Gasteiger partial charge in [0.25, 0.3) is 0 Å². The van der Waals surface area contributed by atoms with Crippen molar-refractivity contribution in [1.82, 2.24) is 9.97 Å². The number of nitrogens with zero attached hydrogens (tertiary/aromatic N) is 2. The van der Waals surface area contributed by atoms with E-state index in [0.717, 1.165) is 26.2 Å². The molecule has 0 unspecified atom stereocenters. The molecule has 6 rings (SSSR count). The number of hydrogen-bond donors (Lipinski definition) is 1. The van der Waals surface area contributed by atoms with Crippen LogP contribution in [0.4, 0.5) is 15.9 Å². The number of thiophene rings is 1. The molecule has 0 saturated heterocycles. The smallest absolute Gasteiger partial charge is 0.194 e. The standard InChI is InChI=1S/C28H18FN3O2S/c1-14-23(16-7-9-17(29)10-8-16)24-27(30-15(2)31-28(24)35-14)32-18-11-12-21-22(13-18)26(34)20-6-4-3-5-19(20)25(21)33/h3-13H,1-2H3,(H,30,31,32). The summed E-state index contributed by atoms with van der Waals surface area (Å²) in [4.78, 5) is 37.2. The number of hydrogen-bond acceptors (Lipinski definition) is 6. The highest BCUT2D eigenvalue weighted by molar-refractivity contribution is 7.19. The minimum Gasteiger partial charge on any atom is -0.340 e. The van der Waals surface area contributed by atoms with Crippen LogP contribution < -0.4 is 5.32 Å². The quantitative estimate of drug-likeness (QED) is 0.308. The largest absolute Gasteiger partial charge is 0.340 e. The van der Waals surface area contributed by atoms with Crippen LogP contribution in [0.3, 0.4) is 0 Å². The second-order valence-electron chi connectivity index (χ2n) is 8.43. The van der Waals surface area contributed by atoms with Gasteiger partial charge in [-0.25, -0.2) is 14.4 Å². The van der Waals surface area contributed by atoms with Crippen LogP contribution in [0.1, 0.15) is 42.5 Å². The van der Waals surface area contributed by atoms with Crippen molar-refractivity contribution in [3.05, 3.63) is 106 Å². The highest BCUT2D eigenvalue weighted by atomic mass is 32.1. The Hall–Kier alpha value is -4.23. The van der Waals surface area contributed by atoms with Gasteiger partial charge in [-0.15, -0.1) is 11.3 Å². The Morgan fingerprint density at radius 1 is 0.800 bits per heavy atom. The van der Waals surface area contributed by atoms with Crippen molar-refractivity contribution in [2.75, 3.05) is 5.32 Å². The summed E-state index contributed by atoms with van der Waals surface area (Å²) in [6, 6.07) is 18.4. The first-order chi connectivity index (χ1) is 16.9. The molecule has 0 radical (unpaired) electrons. The zero-order valence-corrected chi connectivity index (χ0v) is 19.7. The van der Waals surface area contributed by atoms with Crippen LogP contribution in [0.15, 0.2) is 66.7 Å². The normalized spacial score (nSPS) is 12.5. The van der Waals surface area contributed by atoms with Gasteiger partial charge in [-0.05, 0) is 49.7 Å². The van der Waals surface area contributed by atoms with Crippen molar-refractivity contribution >= 4 is 44.6 Å². The summed E-state index contributed by atoms with van der Waals surface area (Å²) >= 11 is 1.55. The molecule has 0 aliphatic heterocycles. The Morgan fingerprint density at radius 2 is 1.46 bits per heavy atom. The van der Waals surface area contributed by atoms with Crippen molar-refractivity contribution in [3.8, 4) is 11.1 Å². The number of aryl methyl sites for hydroxylation is 2. The van der Waals surface area contributed by atoms with Crippen molar-refractivity contribution in [3.63, 3.8) is 0 Å². The molecule has 35 heavy (non-hydrogen) atoms. The van der Waals surface area contributed by atoms with Gasteiger partial charge in [-0.3, -0.25) is 9.59 Å². The fourth-order valence-electron chi connectivity index (χ4n) is 4.59. The van der Waals surface area contributed by atoms with Crippen LogP contribution in [-0.4, -0.2) is 21.5 Å². The number of ketones is 2. The molecule has 0 amide bonds. The van der Waals surface area contributed by atoms with Gasteiger partial charge in [-0.1, -0.05) is 36.4 Å². The molecule has 7 heteroatoms. The number of aromatic nitrogens is 2. The zero-order chi connectivity index (χ0) is 24.3. The molecule has 2 heterocycles. The van der Waals surface area contributed by atoms with Crippen LogP contribution in [-0.2, 0) is 0 Å². The molecule has 170 valence electrons. The van der Waals surface area contributed by atoms with Crippen LogP contribution in [0, 0.1) is 19.7 Å². The lowest BCUT2D eigenvalue weighted by molar-refractivity contribution is 0.0979. The molecule has 3 aromatic carbocycles. The summed E-state index contributed by atoms with van der Waals surface area (Å²) < 4.78 is 13.6. The zero-order valence-electron chi connectivity index (χ0n) is 18.8. The fraction of sp³-hybridized carbons (Fsp3) is 0.0714. The van der Waals surface area contributed by atoms with E-state index in [0.29, 0.717) is 39.6 Å². The van der Waals surface area contributed by atoms with E-state index >= 15 is 0 Å². The van der Waals surface area contributed by atoms with Crippen LogP contribution >= 0.6 is 11.3 Å². The van der Waals surface area contributed by atoms with Gasteiger partial charge in [-0.2, -0.15) is 0 Å². The first kappa shape index (κ1) is 21.3. The summed E-state index contributed by atoms with van der Waals surface area (Å²) in [6.45, 7) is 3.83. The van der Waals surface area contributed by atoms with E-state index in [2.05, 4.69) is 15.3 Å². The highest BCUT2D eigenvalue weighted by Gasteiger charge is 2.29. The Kier molecular flexibility index (Phi) is 4.82. The monoisotopic (exact) mass is 479 g/mol. The number of anilines is 2. The van der Waals surface area contributed by atoms with E-state index in [4.69, 9.17) is 0 Å². The van der Waals surface area contributed by atoms with E-state index in [1.807, 2.05) is 13.8 Å². The maximum Gasteiger partial charge on any atom is 0.194 e. The molecule has 0 fully saturated rings. The van der Waals surface area contributed by atoms with Gasteiger partial charge in [0.05, 0.1) is 5.39 Å². The molecule has 5 nitrogen and oxygen atoms in total. The molecule has 0 atom stereocenters. The summed E-state index contributed by atoms with van der Waals surface area (Å²) in [6.07, 6.45) is 0. The van der Waals surface area contributed by atoms with Gasteiger partial charge in [0, 0.05) is 38.4 Å². The number of fused-ring (bicyclic) bond motifs is 3. The number of rotatable bonds is 3.